The lowest BCUT2D eigenvalue weighted by atomic mass is 9.86. The maximum Gasteiger partial charge on any atom is 0.325 e. The molecule has 2 aliphatic rings. The number of hydrogen-bond acceptors (Lipinski definition) is 5. The number of carbonyl (C=O) groups is 3. The zero-order valence-corrected chi connectivity index (χ0v) is 15.9. The standard InChI is InChI=1S/C19H26N4O4/c1-19(2,3)14-17(25)23(18(26)22-14)11-6-8-12(9-7-11)27-16-13(15(20)24)5-4-10-21-16/h4-5,10-12,14H,6-9H2,1-3H3,(H2,20,24)(H,22,26)/t11-,12-,14?. The van der Waals surface area contributed by atoms with Crippen molar-refractivity contribution in [3.8, 4) is 5.88 Å². The summed E-state index contributed by atoms with van der Waals surface area (Å²) in [6.07, 6.45) is 4.05. The lowest BCUT2D eigenvalue weighted by Crippen LogP contribution is -2.45. The van der Waals surface area contributed by atoms with Crippen molar-refractivity contribution >= 4 is 17.8 Å². The third-order valence-corrected chi connectivity index (χ3v) is 5.16. The molecule has 0 radical (unpaired) electrons. The first-order valence-corrected chi connectivity index (χ1v) is 9.23. The smallest absolute Gasteiger partial charge is 0.325 e. The summed E-state index contributed by atoms with van der Waals surface area (Å²) in [7, 11) is 0. The molecule has 2 heterocycles. The monoisotopic (exact) mass is 374 g/mol. The van der Waals surface area contributed by atoms with E-state index < -0.39 is 11.9 Å². The summed E-state index contributed by atoms with van der Waals surface area (Å²) in [6, 6.07) is 2.27. The van der Waals surface area contributed by atoms with Gasteiger partial charge in [0.05, 0.1) is 0 Å². The van der Waals surface area contributed by atoms with Crippen molar-refractivity contribution in [3.63, 3.8) is 0 Å². The number of amides is 4. The van der Waals surface area contributed by atoms with Crippen LogP contribution in [0.1, 0.15) is 56.8 Å². The molecule has 0 aromatic carbocycles. The molecule has 1 atom stereocenters. The predicted molar refractivity (Wildman–Crippen MR) is 98.0 cm³/mol. The third kappa shape index (κ3) is 3.89. The molecular formula is C19H26N4O4. The van der Waals surface area contributed by atoms with Gasteiger partial charge in [0.1, 0.15) is 17.7 Å². The first-order chi connectivity index (χ1) is 12.7. The minimum Gasteiger partial charge on any atom is -0.474 e. The molecular weight excluding hydrogens is 348 g/mol. The Kier molecular flexibility index (Phi) is 5.08. The highest BCUT2D eigenvalue weighted by Gasteiger charge is 2.47. The minimum absolute atomic E-state index is 0.131. The number of primary amides is 1. The second-order valence-corrected chi connectivity index (χ2v) is 8.23. The molecule has 1 saturated heterocycles. The first kappa shape index (κ1) is 19.1. The SMILES string of the molecule is CC(C)(C)C1NC(=O)N([C@H]2CC[C@H](Oc3ncccc3C(N)=O)CC2)C1=O. The van der Waals surface area contributed by atoms with Crippen LogP contribution in [-0.2, 0) is 4.79 Å². The number of hydrogen-bond donors (Lipinski definition) is 2. The van der Waals surface area contributed by atoms with E-state index in [1.165, 1.54) is 4.90 Å². The molecule has 146 valence electrons. The molecule has 8 nitrogen and oxygen atoms in total. The van der Waals surface area contributed by atoms with Crippen molar-refractivity contribution in [1.82, 2.24) is 15.2 Å². The van der Waals surface area contributed by atoms with Crippen LogP contribution < -0.4 is 15.8 Å². The lowest BCUT2D eigenvalue weighted by molar-refractivity contribution is -0.131. The van der Waals surface area contributed by atoms with Gasteiger partial charge in [0, 0.05) is 12.2 Å². The molecule has 0 bridgehead atoms. The van der Waals surface area contributed by atoms with Gasteiger partial charge in [0.25, 0.3) is 11.8 Å². The fourth-order valence-electron chi connectivity index (χ4n) is 3.68. The molecule has 1 aromatic rings. The second kappa shape index (κ2) is 7.17. The highest BCUT2D eigenvalue weighted by molar-refractivity contribution is 6.05. The Labute approximate surface area is 158 Å². The van der Waals surface area contributed by atoms with Crippen LogP contribution in [-0.4, -0.2) is 45.9 Å². The van der Waals surface area contributed by atoms with Crippen LogP contribution in [0.5, 0.6) is 5.88 Å². The Balaban J connectivity index is 1.62. The van der Waals surface area contributed by atoms with E-state index in [2.05, 4.69) is 10.3 Å². The predicted octanol–water partition coefficient (Wildman–Crippen LogP) is 1.84. The lowest BCUT2D eigenvalue weighted by Gasteiger charge is -2.33. The van der Waals surface area contributed by atoms with Gasteiger partial charge in [-0.3, -0.25) is 14.5 Å². The quantitative estimate of drug-likeness (QED) is 0.781. The summed E-state index contributed by atoms with van der Waals surface area (Å²) in [5, 5.41) is 2.81. The van der Waals surface area contributed by atoms with Crippen molar-refractivity contribution in [3.05, 3.63) is 23.9 Å². The summed E-state index contributed by atoms with van der Waals surface area (Å²) >= 11 is 0. The largest absolute Gasteiger partial charge is 0.474 e. The molecule has 0 spiro atoms. The maximum atomic E-state index is 12.7. The highest BCUT2D eigenvalue weighted by Crippen LogP contribution is 2.32. The summed E-state index contributed by atoms with van der Waals surface area (Å²) in [6.45, 7) is 5.81. The van der Waals surface area contributed by atoms with E-state index in [4.69, 9.17) is 10.5 Å². The summed E-state index contributed by atoms with van der Waals surface area (Å²) < 4.78 is 5.87. The van der Waals surface area contributed by atoms with Gasteiger partial charge in [-0.15, -0.1) is 0 Å². The molecule has 1 aromatic heterocycles. The van der Waals surface area contributed by atoms with Crippen LogP contribution in [0.25, 0.3) is 0 Å². The van der Waals surface area contributed by atoms with Crippen molar-refractivity contribution in [1.29, 1.82) is 0 Å². The molecule has 1 aliphatic carbocycles. The number of aromatic nitrogens is 1. The maximum absolute atomic E-state index is 12.7. The van der Waals surface area contributed by atoms with Crippen LogP contribution in [0.3, 0.4) is 0 Å². The van der Waals surface area contributed by atoms with Crippen LogP contribution in [0.2, 0.25) is 0 Å². The van der Waals surface area contributed by atoms with E-state index in [9.17, 15) is 14.4 Å². The molecule has 27 heavy (non-hydrogen) atoms. The normalized spacial score (nSPS) is 26.0. The van der Waals surface area contributed by atoms with Gasteiger partial charge in [-0.25, -0.2) is 9.78 Å². The number of ether oxygens (including phenoxy) is 1. The van der Waals surface area contributed by atoms with E-state index in [0.29, 0.717) is 25.7 Å². The number of nitrogens with one attached hydrogen (secondary N) is 1. The van der Waals surface area contributed by atoms with Crippen LogP contribution in [0.4, 0.5) is 4.79 Å². The number of urea groups is 1. The fourth-order valence-corrected chi connectivity index (χ4v) is 3.68. The van der Waals surface area contributed by atoms with Gasteiger partial charge in [-0.1, -0.05) is 20.8 Å². The number of rotatable bonds is 4. The van der Waals surface area contributed by atoms with E-state index in [-0.39, 0.29) is 40.9 Å². The molecule has 1 saturated carbocycles. The summed E-state index contributed by atoms with van der Waals surface area (Å²) in [5.41, 5.74) is 5.28. The Morgan fingerprint density at radius 3 is 2.48 bits per heavy atom. The van der Waals surface area contributed by atoms with Crippen molar-refractivity contribution < 1.29 is 19.1 Å². The Hall–Kier alpha value is -2.64. The molecule has 2 fully saturated rings. The number of pyridine rings is 1. The first-order valence-electron chi connectivity index (χ1n) is 9.23. The average Bonchev–Trinajstić information content (AvgIpc) is 2.91. The van der Waals surface area contributed by atoms with E-state index in [1.54, 1.807) is 18.3 Å². The molecule has 8 heteroatoms. The fraction of sp³-hybridized carbons (Fsp3) is 0.579. The van der Waals surface area contributed by atoms with Crippen LogP contribution >= 0.6 is 0 Å². The van der Waals surface area contributed by atoms with Crippen molar-refractivity contribution in [2.24, 2.45) is 11.1 Å². The third-order valence-electron chi connectivity index (χ3n) is 5.16. The zero-order chi connectivity index (χ0) is 19.8. The highest BCUT2D eigenvalue weighted by atomic mass is 16.5. The number of carbonyl (C=O) groups excluding carboxylic acids is 3. The molecule has 3 N–H and O–H groups in total. The number of nitrogens with zero attached hydrogens (tertiary/aromatic N) is 2. The van der Waals surface area contributed by atoms with E-state index in [1.807, 2.05) is 20.8 Å². The Morgan fingerprint density at radius 1 is 1.26 bits per heavy atom. The number of nitrogens with two attached hydrogens (primary N) is 1. The van der Waals surface area contributed by atoms with Crippen molar-refractivity contribution in [2.75, 3.05) is 0 Å². The van der Waals surface area contributed by atoms with Gasteiger partial charge < -0.3 is 15.8 Å². The van der Waals surface area contributed by atoms with Crippen molar-refractivity contribution in [2.45, 2.75) is 64.6 Å². The van der Waals surface area contributed by atoms with Crippen LogP contribution in [0.15, 0.2) is 18.3 Å². The number of imide groups is 1. The molecule has 3 rings (SSSR count). The Bertz CT molecular complexity index is 750. The molecule has 4 amide bonds. The summed E-state index contributed by atoms with van der Waals surface area (Å²) in [5.74, 6) is -0.506. The Morgan fingerprint density at radius 2 is 1.93 bits per heavy atom. The van der Waals surface area contributed by atoms with Crippen LogP contribution in [0, 0.1) is 5.41 Å². The molecule has 1 aliphatic heterocycles. The summed E-state index contributed by atoms with van der Waals surface area (Å²) in [4.78, 5) is 42.0. The van der Waals surface area contributed by atoms with Gasteiger partial charge in [0.2, 0.25) is 5.88 Å². The van der Waals surface area contributed by atoms with E-state index in [0.717, 1.165) is 0 Å². The van der Waals surface area contributed by atoms with E-state index >= 15 is 0 Å². The minimum atomic E-state index is -0.584. The van der Waals surface area contributed by atoms with Gasteiger partial charge in [-0.05, 0) is 43.2 Å². The van der Waals surface area contributed by atoms with Gasteiger partial charge in [-0.2, -0.15) is 0 Å². The van der Waals surface area contributed by atoms with Gasteiger partial charge >= 0.3 is 6.03 Å². The second-order valence-electron chi connectivity index (χ2n) is 8.23. The average molecular weight is 374 g/mol. The molecule has 1 unspecified atom stereocenters. The topological polar surface area (TPSA) is 115 Å². The van der Waals surface area contributed by atoms with Gasteiger partial charge in [0.15, 0.2) is 0 Å². The zero-order valence-electron chi connectivity index (χ0n) is 15.9.